The maximum Gasteiger partial charge on any atom is -0.00489 e. The molecular weight excluding hydrogens is 242 g/mol. The summed E-state index contributed by atoms with van der Waals surface area (Å²) in [4.78, 5) is 0. The lowest BCUT2D eigenvalue weighted by molar-refractivity contribution is 0.509. The predicted molar refractivity (Wildman–Crippen MR) is 93.4 cm³/mol. The van der Waals surface area contributed by atoms with Gasteiger partial charge in [0.05, 0.1) is 0 Å². The van der Waals surface area contributed by atoms with Crippen molar-refractivity contribution in [3.63, 3.8) is 0 Å². The Morgan fingerprint density at radius 1 is 0.600 bits per heavy atom. The van der Waals surface area contributed by atoms with E-state index in [2.05, 4.69) is 26.1 Å². The lowest BCUT2D eigenvalue weighted by Gasteiger charge is -2.06. The fourth-order valence-corrected chi connectivity index (χ4v) is 2.67. The molecule has 0 fully saturated rings. The van der Waals surface area contributed by atoms with Gasteiger partial charge in [-0.15, -0.1) is 0 Å². The molecule has 0 aromatic heterocycles. The molecule has 122 valence electrons. The first-order valence-electron chi connectivity index (χ1n) is 9.48. The van der Waals surface area contributed by atoms with Gasteiger partial charge >= 0.3 is 0 Å². The largest absolute Gasteiger partial charge is 0.317 e. The van der Waals surface area contributed by atoms with Gasteiger partial charge in [-0.1, -0.05) is 91.4 Å². The van der Waals surface area contributed by atoms with Gasteiger partial charge in [0.25, 0.3) is 0 Å². The van der Waals surface area contributed by atoms with Crippen LogP contribution in [0.5, 0.6) is 0 Å². The molecule has 0 spiro atoms. The van der Waals surface area contributed by atoms with Gasteiger partial charge in [-0.3, -0.25) is 0 Å². The molecule has 0 aliphatic rings. The highest BCUT2D eigenvalue weighted by molar-refractivity contribution is 4.53. The summed E-state index contributed by atoms with van der Waals surface area (Å²) in [5.74, 6) is 0.872. The van der Waals surface area contributed by atoms with Gasteiger partial charge in [0.1, 0.15) is 0 Å². The van der Waals surface area contributed by atoms with Gasteiger partial charge in [-0.05, 0) is 31.8 Å². The summed E-state index contributed by atoms with van der Waals surface area (Å²) < 4.78 is 0. The van der Waals surface area contributed by atoms with Crippen LogP contribution in [0, 0.1) is 5.92 Å². The van der Waals surface area contributed by atoms with E-state index in [0.717, 1.165) is 5.92 Å². The van der Waals surface area contributed by atoms with E-state index in [0.29, 0.717) is 0 Å². The van der Waals surface area contributed by atoms with Crippen LogP contribution >= 0.6 is 0 Å². The van der Waals surface area contributed by atoms with Gasteiger partial charge in [0.2, 0.25) is 0 Å². The van der Waals surface area contributed by atoms with Crippen molar-refractivity contribution < 1.29 is 0 Å². The van der Waals surface area contributed by atoms with Crippen molar-refractivity contribution in [2.45, 2.75) is 104 Å². The summed E-state index contributed by atoms with van der Waals surface area (Å²) in [5.41, 5.74) is 0. The highest BCUT2D eigenvalue weighted by atomic mass is 14.8. The average molecular weight is 284 g/mol. The van der Waals surface area contributed by atoms with Crippen LogP contribution in [-0.4, -0.2) is 13.1 Å². The summed E-state index contributed by atoms with van der Waals surface area (Å²) in [6.07, 6.45) is 18.5. The minimum absolute atomic E-state index is 0.872. The van der Waals surface area contributed by atoms with Crippen LogP contribution in [0.2, 0.25) is 0 Å². The third-order valence-corrected chi connectivity index (χ3v) is 4.09. The van der Waals surface area contributed by atoms with Crippen molar-refractivity contribution in [3.8, 4) is 0 Å². The molecule has 0 unspecified atom stereocenters. The second-order valence-electron chi connectivity index (χ2n) is 6.82. The number of hydrogen-bond acceptors (Lipinski definition) is 1. The maximum absolute atomic E-state index is 3.58. The van der Waals surface area contributed by atoms with Gasteiger partial charge in [0, 0.05) is 0 Å². The van der Waals surface area contributed by atoms with Crippen LogP contribution in [0.3, 0.4) is 0 Å². The topological polar surface area (TPSA) is 12.0 Å². The smallest absolute Gasteiger partial charge is 0.00489 e. The highest BCUT2D eigenvalue weighted by Crippen LogP contribution is 2.10. The fraction of sp³-hybridized carbons (Fsp3) is 1.00. The van der Waals surface area contributed by atoms with E-state index in [1.807, 2.05) is 0 Å². The monoisotopic (exact) mass is 283 g/mol. The van der Waals surface area contributed by atoms with Crippen molar-refractivity contribution in [1.82, 2.24) is 5.32 Å². The van der Waals surface area contributed by atoms with E-state index in [4.69, 9.17) is 0 Å². The fourth-order valence-electron chi connectivity index (χ4n) is 2.67. The first kappa shape index (κ1) is 20.0. The first-order chi connectivity index (χ1) is 9.77. The summed E-state index contributed by atoms with van der Waals surface area (Å²) >= 11 is 0. The molecule has 1 N–H and O–H groups in total. The molecule has 0 aromatic carbocycles. The van der Waals surface area contributed by atoms with E-state index in [1.165, 1.54) is 96.6 Å². The zero-order valence-electron chi connectivity index (χ0n) is 14.7. The molecule has 0 heterocycles. The number of unbranched alkanes of at least 4 members (excludes halogenated alkanes) is 10. The van der Waals surface area contributed by atoms with E-state index in [-0.39, 0.29) is 0 Å². The summed E-state index contributed by atoms with van der Waals surface area (Å²) in [6, 6.07) is 0. The quantitative estimate of drug-likeness (QED) is 0.327. The molecule has 20 heavy (non-hydrogen) atoms. The van der Waals surface area contributed by atoms with Crippen LogP contribution in [0.4, 0.5) is 0 Å². The molecule has 0 aromatic rings. The first-order valence-corrected chi connectivity index (χ1v) is 9.48. The molecule has 0 aliphatic carbocycles. The Kier molecular flexibility index (Phi) is 17.0. The molecule has 0 bridgehead atoms. The lowest BCUT2D eigenvalue weighted by Crippen LogP contribution is -2.16. The number of nitrogens with one attached hydrogen (secondary N) is 1. The normalized spacial score (nSPS) is 11.4. The second kappa shape index (κ2) is 17.0. The maximum atomic E-state index is 3.58. The van der Waals surface area contributed by atoms with Crippen LogP contribution in [0.1, 0.15) is 104 Å². The molecule has 0 amide bonds. The molecule has 0 atom stereocenters. The van der Waals surface area contributed by atoms with Crippen LogP contribution in [0.25, 0.3) is 0 Å². The Morgan fingerprint density at radius 2 is 1.05 bits per heavy atom. The van der Waals surface area contributed by atoms with Crippen molar-refractivity contribution in [2.24, 2.45) is 5.92 Å². The molecule has 1 nitrogen and oxygen atoms in total. The van der Waals surface area contributed by atoms with Crippen LogP contribution < -0.4 is 5.32 Å². The van der Waals surface area contributed by atoms with E-state index < -0.39 is 0 Å². The standard InChI is InChI=1S/C19H41N/c1-4-5-6-7-8-9-10-11-12-14-17-20-18-15-13-16-19(2)3/h19-20H,4-18H2,1-3H3. The molecular formula is C19H41N. The Hall–Kier alpha value is -0.0400. The SMILES string of the molecule is CCCCCCCCCCCCNCCCCC(C)C. The van der Waals surface area contributed by atoms with Crippen molar-refractivity contribution >= 4 is 0 Å². The Morgan fingerprint density at radius 3 is 1.55 bits per heavy atom. The van der Waals surface area contributed by atoms with Gasteiger partial charge in [0.15, 0.2) is 0 Å². The molecule has 0 saturated carbocycles. The van der Waals surface area contributed by atoms with Gasteiger partial charge < -0.3 is 5.32 Å². The average Bonchev–Trinajstić information content (AvgIpc) is 2.43. The molecule has 0 radical (unpaired) electrons. The Balaban J connectivity index is 2.92. The second-order valence-corrected chi connectivity index (χ2v) is 6.82. The molecule has 0 saturated heterocycles. The van der Waals surface area contributed by atoms with Crippen LogP contribution in [-0.2, 0) is 0 Å². The van der Waals surface area contributed by atoms with E-state index in [9.17, 15) is 0 Å². The third-order valence-electron chi connectivity index (χ3n) is 4.09. The highest BCUT2D eigenvalue weighted by Gasteiger charge is 1.95. The Labute approximate surface area is 129 Å². The summed E-state index contributed by atoms with van der Waals surface area (Å²) in [6.45, 7) is 9.38. The Bertz CT molecular complexity index is 165. The zero-order chi connectivity index (χ0) is 14.9. The zero-order valence-corrected chi connectivity index (χ0v) is 14.7. The number of rotatable bonds is 16. The van der Waals surface area contributed by atoms with Crippen molar-refractivity contribution in [1.29, 1.82) is 0 Å². The predicted octanol–water partition coefficient (Wildman–Crippen LogP) is 6.32. The van der Waals surface area contributed by atoms with Gasteiger partial charge in [-0.25, -0.2) is 0 Å². The number of hydrogen-bond donors (Lipinski definition) is 1. The minimum atomic E-state index is 0.872. The van der Waals surface area contributed by atoms with E-state index in [1.54, 1.807) is 0 Å². The molecule has 0 aliphatic heterocycles. The van der Waals surface area contributed by atoms with Crippen molar-refractivity contribution in [3.05, 3.63) is 0 Å². The summed E-state index contributed by atoms with van der Waals surface area (Å²) in [5, 5.41) is 3.58. The van der Waals surface area contributed by atoms with Gasteiger partial charge in [-0.2, -0.15) is 0 Å². The van der Waals surface area contributed by atoms with Crippen molar-refractivity contribution in [2.75, 3.05) is 13.1 Å². The van der Waals surface area contributed by atoms with Crippen LogP contribution in [0.15, 0.2) is 0 Å². The molecule has 0 rings (SSSR count). The van der Waals surface area contributed by atoms with E-state index >= 15 is 0 Å². The third kappa shape index (κ3) is 18.0. The summed E-state index contributed by atoms with van der Waals surface area (Å²) in [7, 11) is 0. The minimum Gasteiger partial charge on any atom is -0.317 e. The lowest BCUT2D eigenvalue weighted by atomic mass is 10.1. The molecule has 1 heteroatoms.